The van der Waals surface area contributed by atoms with Crippen LogP contribution in [0.5, 0.6) is 0 Å². The molecule has 0 bridgehead atoms. The van der Waals surface area contributed by atoms with Gasteiger partial charge in [0.1, 0.15) is 5.82 Å². The van der Waals surface area contributed by atoms with E-state index in [0.29, 0.717) is 16.6 Å². The van der Waals surface area contributed by atoms with Crippen molar-refractivity contribution in [3.63, 3.8) is 0 Å². The van der Waals surface area contributed by atoms with Gasteiger partial charge in [-0.3, -0.25) is 5.14 Å². The van der Waals surface area contributed by atoms with Crippen LogP contribution in [0.3, 0.4) is 0 Å². The summed E-state index contributed by atoms with van der Waals surface area (Å²) in [5, 5.41) is 6.33. The topological polar surface area (TPSA) is 82.0 Å². The number of benzene rings is 1. The first-order valence-corrected chi connectivity index (χ1v) is 8.94. The molecule has 0 aliphatic heterocycles. The number of hydrogen-bond donors (Lipinski definition) is 2. The van der Waals surface area contributed by atoms with Gasteiger partial charge in [-0.25, -0.2) is 13.6 Å². The number of hydrogen-bond acceptors (Lipinski definition) is 4. The zero-order valence-corrected chi connectivity index (χ0v) is 14.6. The van der Waals surface area contributed by atoms with Crippen molar-refractivity contribution in [2.24, 2.45) is 5.14 Å². The van der Waals surface area contributed by atoms with Crippen molar-refractivity contribution in [3.05, 3.63) is 45.7 Å². The van der Waals surface area contributed by atoms with E-state index in [4.69, 9.17) is 22.5 Å². The fourth-order valence-corrected chi connectivity index (χ4v) is 3.62. The average molecular weight is 362 g/mol. The molecule has 0 saturated heterocycles. The molecule has 0 aliphatic carbocycles. The number of aromatic nitrogens is 1. The standard InChI is InChI=1S/C14H17ClFN3OS2/c1-14(2,22(18)20)6-10(12-7-19-13(17)21-12)9-4-3-8(16)5-11(9)15/h3-5,7,10H,6,18H2,1-2H3,(H2,17,19)/t10-,22?/m0/s1. The van der Waals surface area contributed by atoms with Crippen LogP contribution in [-0.4, -0.2) is 13.9 Å². The Morgan fingerprint density at radius 3 is 2.68 bits per heavy atom. The second-order valence-corrected chi connectivity index (χ2v) is 8.78. The van der Waals surface area contributed by atoms with E-state index in [0.717, 1.165) is 10.4 Å². The third kappa shape index (κ3) is 3.84. The van der Waals surface area contributed by atoms with Gasteiger partial charge in [0.25, 0.3) is 0 Å². The number of thiazole rings is 1. The highest BCUT2D eigenvalue weighted by Crippen LogP contribution is 2.40. The number of rotatable bonds is 5. The lowest BCUT2D eigenvalue weighted by atomic mass is 9.89. The van der Waals surface area contributed by atoms with E-state index in [1.165, 1.54) is 23.5 Å². The average Bonchev–Trinajstić information content (AvgIpc) is 2.83. The molecule has 2 aromatic rings. The molecule has 120 valence electrons. The fourth-order valence-electron chi connectivity index (χ4n) is 2.18. The molecule has 1 unspecified atom stereocenters. The number of nitrogens with zero attached hydrogens (tertiary/aromatic N) is 1. The van der Waals surface area contributed by atoms with Gasteiger partial charge >= 0.3 is 0 Å². The maximum Gasteiger partial charge on any atom is 0.180 e. The quantitative estimate of drug-likeness (QED) is 0.855. The molecule has 2 rings (SSSR count). The zero-order chi connectivity index (χ0) is 16.5. The molecule has 0 amide bonds. The smallest absolute Gasteiger partial charge is 0.180 e. The van der Waals surface area contributed by atoms with Crippen LogP contribution in [0.1, 0.15) is 36.6 Å². The normalized spacial score (nSPS) is 14.8. The SMILES string of the molecule is CC(C)(C[C@H](c1cnc(N)s1)c1ccc(F)cc1Cl)S(N)=O. The van der Waals surface area contributed by atoms with Gasteiger partial charge in [0.15, 0.2) is 5.13 Å². The Labute approximate surface area is 140 Å². The van der Waals surface area contributed by atoms with Crippen LogP contribution in [-0.2, 0) is 11.0 Å². The van der Waals surface area contributed by atoms with Crippen LogP contribution in [0.15, 0.2) is 24.4 Å². The molecule has 0 saturated carbocycles. The molecule has 22 heavy (non-hydrogen) atoms. The summed E-state index contributed by atoms with van der Waals surface area (Å²) in [5.41, 5.74) is 6.45. The van der Waals surface area contributed by atoms with Crippen LogP contribution in [0.25, 0.3) is 0 Å². The van der Waals surface area contributed by atoms with Gasteiger partial charge in [0, 0.05) is 22.0 Å². The monoisotopic (exact) mass is 361 g/mol. The van der Waals surface area contributed by atoms with Crippen molar-refractivity contribution in [1.29, 1.82) is 0 Å². The van der Waals surface area contributed by atoms with Gasteiger partial charge < -0.3 is 5.73 Å². The van der Waals surface area contributed by atoms with Crippen molar-refractivity contribution in [1.82, 2.24) is 4.98 Å². The molecular weight excluding hydrogens is 345 g/mol. The van der Waals surface area contributed by atoms with E-state index >= 15 is 0 Å². The summed E-state index contributed by atoms with van der Waals surface area (Å²) in [6.45, 7) is 3.63. The Kier molecular flexibility index (Phi) is 5.21. The maximum absolute atomic E-state index is 13.3. The van der Waals surface area contributed by atoms with Gasteiger partial charge in [-0.2, -0.15) is 0 Å². The van der Waals surface area contributed by atoms with E-state index in [2.05, 4.69) is 4.98 Å². The summed E-state index contributed by atoms with van der Waals surface area (Å²) in [4.78, 5) is 4.94. The highest BCUT2D eigenvalue weighted by Gasteiger charge is 2.31. The molecule has 1 aromatic carbocycles. The maximum atomic E-state index is 13.3. The van der Waals surface area contributed by atoms with Gasteiger partial charge in [-0.15, -0.1) is 11.3 Å². The number of nitrogen functional groups attached to an aromatic ring is 1. The van der Waals surface area contributed by atoms with Crippen LogP contribution >= 0.6 is 22.9 Å². The minimum atomic E-state index is -1.51. The minimum absolute atomic E-state index is 0.203. The largest absolute Gasteiger partial charge is 0.375 e. The number of anilines is 1. The lowest BCUT2D eigenvalue weighted by Crippen LogP contribution is -2.33. The van der Waals surface area contributed by atoms with Gasteiger partial charge in [-0.1, -0.05) is 17.7 Å². The molecule has 8 heteroatoms. The van der Waals surface area contributed by atoms with Crippen molar-refractivity contribution < 1.29 is 8.60 Å². The first kappa shape index (κ1) is 17.3. The Bertz CT molecular complexity index is 705. The molecule has 0 aliphatic rings. The molecule has 4 nitrogen and oxygen atoms in total. The molecule has 0 spiro atoms. The Morgan fingerprint density at radius 2 is 2.18 bits per heavy atom. The molecule has 0 fully saturated rings. The summed E-state index contributed by atoms with van der Waals surface area (Å²) in [7, 11) is -1.51. The van der Waals surface area contributed by atoms with E-state index in [9.17, 15) is 8.60 Å². The Hall–Kier alpha value is -1.02. The third-order valence-corrected chi connectivity index (χ3v) is 5.99. The second kappa shape index (κ2) is 6.62. The summed E-state index contributed by atoms with van der Waals surface area (Å²) >= 11 is 7.53. The van der Waals surface area contributed by atoms with Crippen molar-refractivity contribution in [2.75, 3.05) is 5.73 Å². The molecule has 2 atom stereocenters. The first-order chi connectivity index (χ1) is 10.2. The van der Waals surface area contributed by atoms with E-state index < -0.39 is 21.5 Å². The van der Waals surface area contributed by atoms with E-state index in [1.807, 2.05) is 13.8 Å². The summed E-state index contributed by atoms with van der Waals surface area (Å²) in [5.74, 6) is -0.608. The van der Waals surface area contributed by atoms with Crippen LogP contribution in [0, 0.1) is 5.82 Å². The van der Waals surface area contributed by atoms with E-state index in [1.54, 1.807) is 12.3 Å². The highest BCUT2D eigenvalue weighted by atomic mass is 35.5. The lowest BCUT2D eigenvalue weighted by Gasteiger charge is -2.27. The van der Waals surface area contributed by atoms with Gasteiger partial charge in [-0.05, 0) is 38.0 Å². The lowest BCUT2D eigenvalue weighted by molar-refractivity contribution is 0.558. The minimum Gasteiger partial charge on any atom is -0.375 e. The van der Waals surface area contributed by atoms with Crippen molar-refractivity contribution >= 4 is 39.1 Å². The highest BCUT2D eigenvalue weighted by molar-refractivity contribution is 7.84. The Balaban J connectivity index is 2.48. The van der Waals surface area contributed by atoms with Crippen molar-refractivity contribution in [3.8, 4) is 0 Å². The van der Waals surface area contributed by atoms with Crippen LogP contribution < -0.4 is 10.9 Å². The summed E-state index contributed by atoms with van der Waals surface area (Å²) in [6, 6.07) is 4.25. The molecule has 4 N–H and O–H groups in total. The molecule has 1 heterocycles. The fraction of sp³-hybridized carbons (Fsp3) is 0.357. The first-order valence-electron chi connectivity index (χ1n) is 6.53. The predicted molar refractivity (Wildman–Crippen MR) is 90.8 cm³/mol. The predicted octanol–water partition coefficient (Wildman–Crippen LogP) is 3.44. The van der Waals surface area contributed by atoms with Gasteiger partial charge in [0.2, 0.25) is 0 Å². The van der Waals surface area contributed by atoms with Crippen LogP contribution in [0.4, 0.5) is 9.52 Å². The Morgan fingerprint density at radius 1 is 1.50 bits per heavy atom. The third-order valence-electron chi connectivity index (χ3n) is 3.46. The van der Waals surface area contributed by atoms with Crippen molar-refractivity contribution in [2.45, 2.75) is 30.9 Å². The zero-order valence-electron chi connectivity index (χ0n) is 12.2. The number of halogens is 2. The van der Waals surface area contributed by atoms with Gasteiger partial charge in [0.05, 0.1) is 15.7 Å². The summed E-state index contributed by atoms with van der Waals surface area (Å²) < 4.78 is 24.4. The molecule has 0 radical (unpaired) electrons. The van der Waals surface area contributed by atoms with Crippen LogP contribution in [0.2, 0.25) is 5.02 Å². The second-order valence-electron chi connectivity index (χ2n) is 5.58. The summed E-state index contributed by atoms with van der Waals surface area (Å²) in [6.07, 6.45) is 2.14. The molecular formula is C14H17ClFN3OS2. The van der Waals surface area contributed by atoms with E-state index in [-0.39, 0.29) is 5.92 Å². The number of nitrogens with two attached hydrogens (primary N) is 2. The molecule has 1 aromatic heterocycles.